The fraction of sp³-hybridized carbons (Fsp3) is 0.583. The zero-order valence-corrected chi connectivity index (χ0v) is 12.6. The first-order valence-electron chi connectivity index (χ1n) is 5.36. The van der Waals surface area contributed by atoms with Gasteiger partial charge in [0, 0.05) is 5.54 Å². The van der Waals surface area contributed by atoms with Gasteiger partial charge in [-0.1, -0.05) is 6.92 Å². The lowest BCUT2D eigenvalue weighted by Crippen LogP contribution is -2.43. The third-order valence-electron chi connectivity index (χ3n) is 3.13. The summed E-state index contributed by atoms with van der Waals surface area (Å²) in [5.74, 6) is 0.194. The molecule has 0 atom stereocenters. The number of likely N-dealkylation sites (N-methyl/N-ethyl adjacent to an activating group) is 1. The summed E-state index contributed by atoms with van der Waals surface area (Å²) < 4.78 is 1.01. The SMILES string of the molecule is CCC(C)(C)N(C)CC(=O)c1ccc(Br)s1. The van der Waals surface area contributed by atoms with Crippen molar-refractivity contribution < 1.29 is 4.79 Å². The fourth-order valence-corrected chi connectivity index (χ4v) is 2.56. The van der Waals surface area contributed by atoms with E-state index in [0.29, 0.717) is 6.54 Å². The number of thiophene rings is 1. The van der Waals surface area contributed by atoms with E-state index in [1.165, 1.54) is 11.3 Å². The van der Waals surface area contributed by atoms with Crippen molar-refractivity contribution in [2.45, 2.75) is 32.7 Å². The van der Waals surface area contributed by atoms with Gasteiger partial charge in [-0.25, -0.2) is 0 Å². The summed E-state index contributed by atoms with van der Waals surface area (Å²) in [4.78, 5) is 14.9. The van der Waals surface area contributed by atoms with Gasteiger partial charge >= 0.3 is 0 Å². The molecule has 0 spiro atoms. The average molecular weight is 304 g/mol. The van der Waals surface area contributed by atoms with Crippen LogP contribution in [0.4, 0.5) is 0 Å². The van der Waals surface area contributed by atoms with Crippen LogP contribution in [-0.2, 0) is 0 Å². The van der Waals surface area contributed by atoms with E-state index in [-0.39, 0.29) is 11.3 Å². The third-order valence-corrected chi connectivity index (χ3v) is 4.79. The number of carbonyl (C=O) groups excluding carboxylic acids is 1. The van der Waals surface area contributed by atoms with Gasteiger partial charge in [0.1, 0.15) is 0 Å². The van der Waals surface area contributed by atoms with Crippen molar-refractivity contribution in [1.29, 1.82) is 0 Å². The minimum absolute atomic E-state index is 0.0736. The molecule has 0 fully saturated rings. The minimum Gasteiger partial charge on any atom is -0.294 e. The highest BCUT2D eigenvalue weighted by Crippen LogP contribution is 2.23. The number of ketones is 1. The van der Waals surface area contributed by atoms with Crippen molar-refractivity contribution in [2.75, 3.05) is 13.6 Å². The summed E-state index contributed by atoms with van der Waals surface area (Å²) in [5, 5.41) is 0. The van der Waals surface area contributed by atoms with Crippen molar-refractivity contribution in [3.8, 4) is 0 Å². The number of carbonyl (C=O) groups is 1. The summed E-state index contributed by atoms with van der Waals surface area (Å²) in [5.41, 5.74) is 0.0736. The molecule has 1 aromatic heterocycles. The van der Waals surface area contributed by atoms with Crippen LogP contribution in [0.3, 0.4) is 0 Å². The molecule has 0 aliphatic heterocycles. The quantitative estimate of drug-likeness (QED) is 0.771. The lowest BCUT2D eigenvalue weighted by Gasteiger charge is -2.34. The van der Waals surface area contributed by atoms with Gasteiger partial charge in [0.2, 0.25) is 0 Å². The molecular formula is C12H18BrNOS. The molecule has 0 aliphatic rings. The van der Waals surface area contributed by atoms with Crippen LogP contribution in [0.25, 0.3) is 0 Å². The summed E-state index contributed by atoms with van der Waals surface area (Å²) >= 11 is 4.87. The predicted octanol–water partition coefficient (Wildman–Crippen LogP) is 3.81. The largest absolute Gasteiger partial charge is 0.294 e. The summed E-state index contributed by atoms with van der Waals surface area (Å²) in [6, 6.07) is 3.80. The molecule has 0 bridgehead atoms. The van der Waals surface area contributed by atoms with Gasteiger partial charge in [0.15, 0.2) is 5.78 Å². The Balaban J connectivity index is 2.65. The highest BCUT2D eigenvalue weighted by atomic mass is 79.9. The molecule has 0 unspecified atom stereocenters. The van der Waals surface area contributed by atoms with Crippen molar-refractivity contribution in [2.24, 2.45) is 0 Å². The first kappa shape index (κ1) is 13.9. The number of hydrogen-bond donors (Lipinski definition) is 0. The van der Waals surface area contributed by atoms with Crippen LogP contribution in [0.1, 0.15) is 36.9 Å². The molecule has 0 saturated heterocycles. The molecule has 0 N–H and O–H groups in total. The van der Waals surface area contributed by atoms with Crippen LogP contribution in [-0.4, -0.2) is 29.8 Å². The molecule has 2 nitrogen and oxygen atoms in total. The zero-order chi connectivity index (χ0) is 12.3. The molecule has 1 heterocycles. The second-order valence-corrected chi connectivity index (χ2v) is 7.01. The molecule has 0 aliphatic carbocycles. The van der Waals surface area contributed by atoms with Gasteiger partial charge in [-0.2, -0.15) is 0 Å². The summed E-state index contributed by atoms with van der Waals surface area (Å²) in [6.45, 7) is 6.94. The molecular weight excluding hydrogens is 286 g/mol. The van der Waals surface area contributed by atoms with E-state index in [1.54, 1.807) is 0 Å². The minimum atomic E-state index is 0.0736. The van der Waals surface area contributed by atoms with Crippen molar-refractivity contribution in [3.63, 3.8) is 0 Å². The maximum absolute atomic E-state index is 12.0. The third kappa shape index (κ3) is 3.40. The predicted molar refractivity (Wildman–Crippen MR) is 73.3 cm³/mol. The van der Waals surface area contributed by atoms with Gasteiger partial charge in [0.05, 0.1) is 15.2 Å². The molecule has 4 heteroatoms. The Kier molecular flexibility index (Phi) is 4.71. The molecule has 0 radical (unpaired) electrons. The van der Waals surface area contributed by atoms with Crippen LogP contribution in [0.2, 0.25) is 0 Å². The van der Waals surface area contributed by atoms with E-state index in [9.17, 15) is 4.79 Å². The number of halogens is 1. The van der Waals surface area contributed by atoms with Crippen LogP contribution in [0.15, 0.2) is 15.9 Å². The van der Waals surface area contributed by atoms with E-state index in [2.05, 4.69) is 41.6 Å². The summed E-state index contributed by atoms with van der Waals surface area (Å²) in [6.07, 6.45) is 1.03. The molecule has 1 aromatic rings. The number of rotatable bonds is 5. The highest BCUT2D eigenvalue weighted by Gasteiger charge is 2.23. The van der Waals surface area contributed by atoms with Gasteiger partial charge in [0.25, 0.3) is 0 Å². The fourth-order valence-electron chi connectivity index (χ4n) is 1.24. The Morgan fingerprint density at radius 2 is 2.12 bits per heavy atom. The van der Waals surface area contributed by atoms with E-state index in [0.717, 1.165) is 15.1 Å². The molecule has 0 aromatic carbocycles. The van der Waals surface area contributed by atoms with Crippen molar-refractivity contribution in [3.05, 3.63) is 20.8 Å². The molecule has 0 saturated carbocycles. The first-order valence-corrected chi connectivity index (χ1v) is 6.97. The monoisotopic (exact) mass is 303 g/mol. The molecule has 90 valence electrons. The second-order valence-electron chi connectivity index (χ2n) is 4.55. The number of hydrogen-bond acceptors (Lipinski definition) is 3. The standard InChI is InChI=1S/C12H18BrNOS/c1-5-12(2,3)14(4)8-9(15)10-6-7-11(13)16-10/h6-7H,5,8H2,1-4H3. The Bertz CT molecular complexity index is 373. The highest BCUT2D eigenvalue weighted by molar-refractivity contribution is 9.11. The smallest absolute Gasteiger partial charge is 0.186 e. The van der Waals surface area contributed by atoms with E-state index in [1.807, 2.05) is 19.2 Å². The molecule has 0 amide bonds. The first-order chi connectivity index (χ1) is 7.36. The van der Waals surface area contributed by atoms with Crippen molar-refractivity contribution in [1.82, 2.24) is 4.90 Å². The molecule has 16 heavy (non-hydrogen) atoms. The number of Topliss-reactive ketones (excluding diaryl/α,β-unsaturated/α-hetero) is 1. The Labute approximate surface area is 110 Å². The maximum Gasteiger partial charge on any atom is 0.186 e. The normalized spacial score (nSPS) is 12.1. The van der Waals surface area contributed by atoms with Crippen LogP contribution in [0, 0.1) is 0 Å². The van der Waals surface area contributed by atoms with Crippen molar-refractivity contribution >= 4 is 33.0 Å². The van der Waals surface area contributed by atoms with Crippen LogP contribution in [0.5, 0.6) is 0 Å². The summed E-state index contributed by atoms with van der Waals surface area (Å²) in [7, 11) is 2.00. The number of nitrogens with zero attached hydrogens (tertiary/aromatic N) is 1. The van der Waals surface area contributed by atoms with Crippen LogP contribution >= 0.6 is 27.3 Å². The molecule has 1 rings (SSSR count). The maximum atomic E-state index is 12.0. The lowest BCUT2D eigenvalue weighted by molar-refractivity contribution is 0.0851. The van der Waals surface area contributed by atoms with Gasteiger partial charge in [-0.3, -0.25) is 9.69 Å². The zero-order valence-electron chi connectivity index (χ0n) is 10.2. The Morgan fingerprint density at radius 1 is 1.50 bits per heavy atom. The van der Waals surface area contributed by atoms with Gasteiger partial charge in [-0.05, 0) is 55.4 Å². The van der Waals surface area contributed by atoms with E-state index in [4.69, 9.17) is 0 Å². The second kappa shape index (κ2) is 5.43. The average Bonchev–Trinajstić information content (AvgIpc) is 2.64. The van der Waals surface area contributed by atoms with Crippen LogP contribution < -0.4 is 0 Å². The van der Waals surface area contributed by atoms with E-state index < -0.39 is 0 Å². The van der Waals surface area contributed by atoms with E-state index >= 15 is 0 Å². The Morgan fingerprint density at radius 3 is 2.56 bits per heavy atom. The van der Waals surface area contributed by atoms with Gasteiger partial charge < -0.3 is 0 Å². The Hall–Kier alpha value is -0.190. The topological polar surface area (TPSA) is 20.3 Å². The van der Waals surface area contributed by atoms with Gasteiger partial charge in [-0.15, -0.1) is 11.3 Å². The lowest BCUT2D eigenvalue weighted by atomic mass is 10.00.